The third kappa shape index (κ3) is 3.09. The SMILES string of the molecule is O=C(Nc1cnn(-c2ccccn2)c1)N[C@H]1c2ccccc2C[C@H]1O. The Bertz CT molecular complexity index is 893. The van der Waals surface area contributed by atoms with E-state index in [0.29, 0.717) is 17.9 Å². The van der Waals surface area contributed by atoms with E-state index in [1.165, 1.54) is 0 Å². The van der Waals surface area contributed by atoms with Gasteiger partial charge in [-0.15, -0.1) is 0 Å². The number of hydrogen-bond donors (Lipinski definition) is 3. The lowest BCUT2D eigenvalue weighted by Crippen LogP contribution is -2.36. The molecule has 2 heterocycles. The van der Waals surface area contributed by atoms with E-state index in [1.807, 2.05) is 42.5 Å². The van der Waals surface area contributed by atoms with Gasteiger partial charge in [0, 0.05) is 12.6 Å². The lowest BCUT2D eigenvalue weighted by atomic mass is 10.1. The minimum atomic E-state index is -0.626. The summed E-state index contributed by atoms with van der Waals surface area (Å²) in [4.78, 5) is 16.5. The molecular formula is C18H17N5O2. The molecule has 0 spiro atoms. The molecule has 7 nitrogen and oxygen atoms in total. The van der Waals surface area contributed by atoms with Gasteiger partial charge in [0.1, 0.15) is 0 Å². The third-order valence-corrected chi connectivity index (χ3v) is 4.22. The zero-order valence-electron chi connectivity index (χ0n) is 13.3. The van der Waals surface area contributed by atoms with Crippen molar-refractivity contribution in [1.82, 2.24) is 20.1 Å². The van der Waals surface area contributed by atoms with Crippen molar-refractivity contribution in [2.75, 3.05) is 5.32 Å². The summed E-state index contributed by atoms with van der Waals surface area (Å²) in [5.41, 5.74) is 2.56. The average molecular weight is 335 g/mol. The molecule has 0 saturated carbocycles. The van der Waals surface area contributed by atoms with Gasteiger partial charge in [-0.2, -0.15) is 5.10 Å². The summed E-state index contributed by atoms with van der Waals surface area (Å²) in [6.07, 6.45) is 4.82. The molecule has 4 rings (SSSR count). The number of carbonyl (C=O) groups is 1. The minimum absolute atomic E-state index is 0.388. The molecule has 2 aromatic heterocycles. The van der Waals surface area contributed by atoms with Gasteiger partial charge in [0.25, 0.3) is 0 Å². The monoisotopic (exact) mass is 335 g/mol. The van der Waals surface area contributed by atoms with E-state index < -0.39 is 12.1 Å². The minimum Gasteiger partial charge on any atom is -0.390 e. The summed E-state index contributed by atoms with van der Waals surface area (Å²) < 4.78 is 1.58. The predicted octanol–water partition coefficient (Wildman–Crippen LogP) is 2.05. The van der Waals surface area contributed by atoms with Gasteiger partial charge in [0.05, 0.1) is 30.2 Å². The number of anilines is 1. The number of pyridine rings is 1. The van der Waals surface area contributed by atoms with Crippen molar-refractivity contribution >= 4 is 11.7 Å². The third-order valence-electron chi connectivity index (χ3n) is 4.22. The fourth-order valence-electron chi connectivity index (χ4n) is 3.06. The molecule has 1 aromatic carbocycles. The van der Waals surface area contributed by atoms with E-state index in [-0.39, 0.29) is 6.03 Å². The molecule has 0 fully saturated rings. The van der Waals surface area contributed by atoms with Crippen LogP contribution in [0.15, 0.2) is 61.1 Å². The first kappa shape index (κ1) is 15.3. The number of benzene rings is 1. The summed E-state index contributed by atoms with van der Waals surface area (Å²) in [6.45, 7) is 0. The number of amides is 2. The summed E-state index contributed by atoms with van der Waals surface area (Å²) >= 11 is 0. The maximum absolute atomic E-state index is 12.3. The number of rotatable bonds is 3. The molecule has 7 heteroatoms. The van der Waals surface area contributed by atoms with Crippen LogP contribution in [0.25, 0.3) is 5.82 Å². The van der Waals surface area contributed by atoms with E-state index in [1.54, 1.807) is 23.3 Å². The standard InChI is InChI=1S/C18H17N5O2/c24-15-9-12-5-1-2-6-14(12)17(15)22-18(25)21-13-10-20-23(11-13)16-7-3-4-8-19-16/h1-8,10-11,15,17,24H,9H2,(H2,21,22,25)/t15-,17+/m1/s1. The molecule has 3 aromatic rings. The molecule has 25 heavy (non-hydrogen) atoms. The lowest BCUT2D eigenvalue weighted by Gasteiger charge is -2.18. The predicted molar refractivity (Wildman–Crippen MR) is 92.4 cm³/mol. The van der Waals surface area contributed by atoms with Crippen molar-refractivity contribution in [2.45, 2.75) is 18.6 Å². The Morgan fingerprint density at radius 2 is 2.04 bits per heavy atom. The first-order valence-electron chi connectivity index (χ1n) is 8.00. The highest BCUT2D eigenvalue weighted by Crippen LogP contribution is 2.31. The molecule has 0 radical (unpaired) electrons. The average Bonchev–Trinajstić information content (AvgIpc) is 3.21. The van der Waals surface area contributed by atoms with Gasteiger partial charge in [-0.1, -0.05) is 30.3 Å². The summed E-state index contributed by atoms with van der Waals surface area (Å²) in [5, 5.41) is 20.0. The number of hydrogen-bond acceptors (Lipinski definition) is 4. The summed E-state index contributed by atoms with van der Waals surface area (Å²) in [7, 11) is 0. The van der Waals surface area contributed by atoms with Crippen molar-refractivity contribution in [1.29, 1.82) is 0 Å². The van der Waals surface area contributed by atoms with Gasteiger partial charge in [-0.05, 0) is 23.3 Å². The molecule has 1 aliphatic rings. The van der Waals surface area contributed by atoms with E-state index >= 15 is 0 Å². The molecule has 0 unspecified atom stereocenters. The number of carbonyl (C=O) groups excluding carboxylic acids is 1. The van der Waals surface area contributed by atoms with Crippen LogP contribution in [0.5, 0.6) is 0 Å². The largest absolute Gasteiger partial charge is 0.390 e. The quantitative estimate of drug-likeness (QED) is 0.683. The van der Waals surface area contributed by atoms with Crippen molar-refractivity contribution in [3.8, 4) is 5.82 Å². The van der Waals surface area contributed by atoms with Crippen LogP contribution in [0.1, 0.15) is 17.2 Å². The number of aliphatic hydroxyl groups excluding tert-OH is 1. The molecule has 1 aliphatic carbocycles. The molecule has 2 amide bonds. The van der Waals surface area contributed by atoms with Crippen LogP contribution >= 0.6 is 0 Å². The molecule has 2 atom stereocenters. The molecule has 3 N–H and O–H groups in total. The topological polar surface area (TPSA) is 92.1 Å². The second kappa shape index (κ2) is 6.37. The van der Waals surface area contributed by atoms with E-state index in [4.69, 9.17) is 0 Å². The Balaban J connectivity index is 1.44. The van der Waals surface area contributed by atoms with E-state index in [9.17, 15) is 9.90 Å². The van der Waals surface area contributed by atoms with Gasteiger partial charge in [-0.25, -0.2) is 14.5 Å². The van der Waals surface area contributed by atoms with Gasteiger partial charge in [0.2, 0.25) is 0 Å². The Hall–Kier alpha value is -3.19. The molecule has 0 aliphatic heterocycles. The second-order valence-corrected chi connectivity index (χ2v) is 5.91. The van der Waals surface area contributed by atoms with Crippen LogP contribution in [-0.4, -0.2) is 32.0 Å². The summed E-state index contributed by atoms with van der Waals surface area (Å²) in [6, 6.07) is 12.4. The highest BCUT2D eigenvalue weighted by molar-refractivity contribution is 5.89. The van der Waals surface area contributed by atoms with Gasteiger partial charge in [-0.3, -0.25) is 0 Å². The smallest absolute Gasteiger partial charge is 0.319 e. The number of fused-ring (bicyclic) bond motifs is 1. The molecule has 126 valence electrons. The van der Waals surface area contributed by atoms with Crippen LogP contribution in [0.3, 0.4) is 0 Å². The van der Waals surface area contributed by atoms with Gasteiger partial charge >= 0.3 is 6.03 Å². The van der Waals surface area contributed by atoms with Gasteiger partial charge in [0.15, 0.2) is 5.82 Å². The number of nitrogens with zero attached hydrogens (tertiary/aromatic N) is 3. The number of aromatic nitrogens is 3. The van der Waals surface area contributed by atoms with Crippen LogP contribution in [0.2, 0.25) is 0 Å². The maximum Gasteiger partial charge on any atom is 0.319 e. The van der Waals surface area contributed by atoms with E-state index in [0.717, 1.165) is 11.1 Å². The fourth-order valence-corrected chi connectivity index (χ4v) is 3.06. The maximum atomic E-state index is 12.3. The van der Waals surface area contributed by atoms with Crippen molar-refractivity contribution in [2.24, 2.45) is 0 Å². The highest BCUT2D eigenvalue weighted by Gasteiger charge is 2.31. The second-order valence-electron chi connectivity index (χ2n) is 5.91. The fraction of sp³-hybridized carbons (Fsp3) is 0.167. The van der Waals surface area contributed by atoms with Crippen LogP contribution in [0, 0.1) is 0 Å². The van der Waals surface area contributed by atoms with Gasteiger partial charge < -0.3 is 15.7 Å². The van der Waals surface area contributed by atoms with E-state index in [2.05, 4.69) is 20.7 Å². The number of aliphatic hydroxyl groups is 1. The van der Waals surface area contributed by atoms with Crippen molar-refractivity contribution in [3.63, 3.8) is 0 Å². The Morgan fingerprint density at radius 1 is 1.20 bits per heavy atom. The van der Waals surface area contributed by atoms with Crippen LogP contribution < -0.4 is 10.6 Å². The Labute approximate surface area is 144 Å². The van der Waals surface area contributed by atoms with Crippen LogP contribution in [-0.2, 0) is 6.42 Å². The molecule has 0 saturated heterocycles. The zero-order valence-corrected chi connectivity index (χ0v) is 13.3. The highest BCUT2D eigenvalue weighted by atomic mass is 16.3. The first-order valence-corrected chi connectivity index (χ1v) is 8.00. The van der Waals surface area contributed by atoms with Crippen molar-refractivity contribution in [3.05, 3.63) is 72.2 Å². The summed E-state index contributed by atoms with van der Waals surface area (Å²) in [5.74, 6) is 0.663. The normalized spacial score (nSPS) is 18.6. The molecule has 0 bridgehead atoms. The number of nitrogens with one attached hydrogen (secondary N) is 2. The van der Waals surface area contributed by atoms with Crippen molar-refractivity contribution < 1.29 is 9.90 Å². The van der Waals surface area contributed by atoms with Crippen LogP contribution in [0.4, 0.5) is 10.5 Å². The molecular weight excluding hydrogens is 318 g/mol. The first-order chi connectivity index (χ1) is 12.2. The Kier molecular flexibility index (Phi) is 3.91. The Morgan fingerprint density at radius 3 is 2.88 bits per heavy atom. The lowest BCUT2D eigenvalue weighted by molar-refractivity contribution is 0.144. The number of urea groups is 1. The zero-order chi connectivity index (χ0) is 17.2.